The van der Waals surface area contributed by atoms with Gasteiger partial charge in [-0.3, -0.25) is 0 Å². The van der Waals surface area contributed by atoms with Gasteiger partial charge in [-0.25, -0.2) is 0 Å². The summed E-state index contributed by atoms with van der Waals surface area (Å²) in [5.74, 6) is 0. The van der Waals surface area contributed by atoms with E-state index in [0.717, 1.165) is 11.4 Å². The number of nitrogens with zero attached hydrogens (tertiary/aromatic N) is 1. The van der Waals surface area contributed by atoms with Crippen molar-refractivity contribution < 1.29 is 0 Å². The summed E-state index contributed by atoms with van der Waals surface area (Å²) in [5, 5.41) is 7.59. The first-order valence-corrected chi connectivity index (χ1v) is 18.6. The minimum atomic E-state index is 1.12. The Morgan fingerprint density at radius 1 is 0.327 bits per heavy atom. The topological polar surface area (TPSA) is 3.24 Å². The van der Waals surface area contributed by atoms with Gasteiger partial charge >= 0.3 is 0 Å². The van der Waals surface area contributed by atoms with E-state index in [0.29, 0.717) is 0 Å². The van der Waals surface area contributed by atoms with Crippen molar-refractivity contribution in [3.8, 4) is 33.4 Å². The molecule has 1 aromatic heterocycles. The normalized spacial score (nSPS) is 11.5. The molecule has 0 saturated carbocycles. The first kappa shape index (κ1) is 30.4. The van der Waals surface area contributed by atoms with Gasteiger partial charge in [-0.05, 0) is 103 Å². The third-order valence-corrected chi connectivity index (χ3v) is 11.4. The minimum absolute atomic E-state index is 1.12. The summed E-state index contributed by atoms with van der Waals surface area (Å²) in [6.45, 7) is 0. The monoisotopic (exact) mass is 679 g/mol. The molecule has 0 aliphatic rings. The Morgan fingerprint density at radius 2 is 0.942 bits per heavy atom. The second-order valence-corrected chi connectivity index (χ2v) is 14.4. The van der Waals surface area contributed by atoms with Gasteiger partial charge in [0.2, 0.25) is 0 Å². The summed E-state index contributed by atoms with van der Waals surface area (Å²) in [4.78, 5) is 2.43. The molecule has 0 saturated heterocycles. The first-order valence-electron chi connectivity index (χ1n) is 17.8. The molecular formula is C50H33NS. The largest absolute Gasteiger partial charge is 0.309 e. The molecular weight excluding hydrogens is 647 g/mol. The van der Waals surface area contributed by atoms with Crippen LogP contribution < -0.4 is 4.90 Å². The molecule has 0 bridgehead atoms. The first-order chi connectivity index (χ1) is 25.8. The van der Waals surface area contributed by atoms with E-state index < -0.39 is 0 Å². The van der Waals surface area contributed by atoms with Gasteiger partial charge in [-0.2, -0.15) is 0 Å². The third kappa shape index (κ3) is 5.33. The van der Waals surface area contributed by atoms with Gasteiger partial charge in [0.15, 0.2) is 0 Å². The highest BCUT2D eigenvalue weighted by Crippen LogP contribution is 2.45. The lowest BCUT2D eigenvalue weighted by atomic mass is 9.97. The number of anilines is 3. The Labute approximate surface area is 307 Å². The molecule has 0 aliphatic carbocycles. The highest BCUT2D eigenvalue weighted by molar-refractivity contribution is 7.26. The quantitative estimate of drug-likeness (QED) is 0.169. The van der Waals surface area contributed by atoms with Crippen molar-refractivity contribution in [2.45, 2.75) is 0 Å². The second kappa shape index (κ2) is 12.7. The van der Waals surface area contributed by atoms with Crippen molar-refractivity contribution >= 4 is 70.1 Å². The van der Waals surface area contributed by atoms with E-state index >= 15 is 0 Å². The molecule has 244 valence electrons. The van der Waals surface area contributed by atoms with Crippen molar-refractivity contribution in [2.24, 2.45) is 0 Å². The Hall–Kier alpha value is -6.48. The van der Waals surface area contributed by atoms with Crippen molar-refractivity contribution in [3.05, 3.63) is 200 Å². The molecule has 0 radical (unpaired) electrons. The molecule has 10 aromatic rings. The van der Waals surface area contributed by atoms with E-state index in [1.165, 1.54) is 80.8 Å². The SMILES string of the molecule is c1ccc(-c2ccc3ccc(-c4cccc(N(c5ccc(-c6cccc7ccccc67)cc5)c5cccc6c5sc5ccccc56)c4)cc3c2)cc1. The van der Waals surface area contributed by atoms with Crippen LogP contribution in [-0.4, -0.2) is 0 Å². The molecule has 1 heterocycles. The molecule has 2 heteroatoms. The number of hydrogen-bond acceptors (Lipinski definition) is 2. The van der Waals surface area contributed by atoms with Gasteiger partial charge in [0, 0.05) is 26.8 Å². The van der Waals surface area contributed by atoms with Gasteiger partial charge < -0.3 is 4.90 Å². The fourth-order valence-electron chi connectivity index (χ4n) is 7.66. The smallest absolute Gasteiger partial charge is 0.0640 e. The summed E-state index contributed by atoms with van der Waals surface area (Å²) in [6.07, 6.45) is 0. The summed E-state index contributed by atoms with van der Waals surface area (Å²) < 4.78 is 2.59. The maximum Gasteiger partial charge on any atom is 0.0640 e. The van der Waals surface area contributed by atoms with Crippen LogP contribution in [-0.2, 0) is 0 Å². The van der Waals surface area contributed by atoms with Crippen LogP contribution in [0.5, 0.6) is 0 Å². The molecule has 0 fully saturated rings. The van der Waals surface area contributed by atoms with Crippen molar-refractivity contribution in [1.82, 2.24) is 0 Å². The lowest BCUT2D eigenvalue weighted by Crippen LogP contribution is -2.10. The maximum absolute atomic E-state index is 2.43. The molecule has 0 unspecified atom stereocenters. The van der Waals surface area contributed by atoms with Gasteiger partial charge in [0.05, 0.1) is 10.4 Å². The lowest BCUT2D eigenvalue weighted by Gasteiger charge is -2.27. The maximum atomic E-state index is 2.43. The van der Waals surface area contributed by atoms with Crippen LogP contribution in [0.1, 0.15) is 0 Å². The van der Waals surface area contributed by atoms with Crippen LogP contribution in [0.3, 0.4) is 0 Å². The number of fused-ring (bicyclic) bond motifs is 5. The Kier molecular flexibility index (Phi) is 7.41. The molecule has 9 aromatic carbocycles. The number of hydrogen-bond donors (Lipinski definition) is 0. The van der Waals surface area contributed by atoms with Crippen molar-refractivity contribution in [3.63, 3.8) is 0 Å². The van der Waals surface area contributed by atoms with E-state index in [2.05, 4.69) is 205 Å². The third-order valence-electron chi connectivity index (χ3n) is 10.2. The summed E-state index contributed by atoms with van der Waals surface area (Å²) in [5.41, 5.74) is 10.7. The van der Waals surface area contributed by atoms with E-state index in [9.17, 15) is 0 Å². The molecule has 0 aliphatic heterocycles. The Bertz CT molecular complexity index is 2900. The summed E-state index contributed by atoms with van der Waals surface area (Å²) in [7, 11) is 0. The second-order valence-electron chi connectivity index (χ2n) is 13.4. The zero-order chi connectivity index (χ0) is 34.4. The number of rotatable bonds is 6. The van der Waals surface area contributed by atoms with Crippen LogP contribution in [0.2, 0.25) is 0 Å². The lowest BCUT2D eigenvalue weighted by molar-refractivity contribution is 1.30. The van der Waals surface area contributed by atoms with E-state index in [4.69, 9.17) is 0 Å². The van der Waals surface area contributed by atoms with Crippen LogP contribution in [0.15, 0.2) is 200 Å². The van der Waals surface area contributed by atoms with Crippen LogP contribution in [0.4, 0.5) is 17.1 Å². The number of thiophene rings is 1. The zero-order valence-electron chi connectivity index (χ0n) is 28.4. The number of benzene rings is 9. The average Bonchev–Trinajstić information content (AvgIpc) is 3.61. The van der Waals surface area contributed by atoms with E-state index in [-0.39, 0.29) is 0 Å². The predicted molar refractivity (Wildman–Crippen MR) is 225 cm³/mol. The van der Waals surface area contributed by atoms with Crippen LogP contribution in [0.25, 0.3) is 75.1 Å². The van der Waals surface area contributed by atoms with Crippen molar-refractivity contribution in [1.29, 1.82) is 0 Å². The highest BCUT2D eigenvalue weighted by atomic mass is 32.1. The van der Waals surface area contributed by atoms with Gasteiger partial charge in [-0.15, -0.1) is 11.3 Å². The Balaban J connectivity index is 1.11. The minimum Gasteiger partial charge on any atom is -0.309 e. The molecule has 1 nitrogen and oxygen atoms in total. The molecule has 0 spiro atoms. The Morgan fingerprint density at radius 3 is 1.79 bits per heavy atom. The summed E-state index contributed by atoms with van der Waals surface area (Å²) >= 11 is 1.87. The van der Waals surface area contributed by atoms with Gasteiger partial charge in [0.1, 0.15) is 0 Å². The van der Waals surface area contributed by atoms with Crippen LogP contribution >= 0.6 is 11.3 Å². The fraction of sp³-hybridized carbons (Fsp3) is 0. The fourth-order valence-corrected chi connectivity index (χ4v) is 8.87. The molecule has 10 rings (SSSR count). The molecule has 0 amide bonds. The predicted octanol–water partition coefficient (Wildman–Crippen LogP) is 14.8. The molecule has 0 atom stereocenters. The van der Waals surface area contributed by atoms with Crippen LogP contribution in [0, 0.1) is 0 Å². The van der Waals surface area contributed by atoms with Crippen molar-refractivity contribution in [2.75, 3.05) is 4.90 Å². The zero-order valence-corrected chi connectivity index (χ0v) is 29.2. The van der Waals surface area contributed by atoms with E-state index in [1.807, 2.05) is 11.3 Å². The summed E-state index contributed by atoms with van der Waals surface area (Å²) in [6, 6.07) is 73.0. The highest BCUT2D eigenvalue weighted by Gasteiger charge is 2.19. The molecule has 52 heavy (non-hydrogen) atoms. The van der Waals surface area contributed by atoms with E-state index in [1.54, 1.807) is 0 Å². The van der Waals surface area contributed by atoms with Gasteiger partial charge in [0.25, 0.3) is 0 Å². The standard InChI is InChI=1S/C50H33NS/c1-2-11-34(12-3-1)39-25-23-35-24-26-40(32-41(35)31-39)38-15-8-16-43(33-38)51(48-21-10-20-47-46-18-6-7-22-49(46)52-50(47)48)42-29-27-37(28-30-42)45-19-9-14-36-13-4-5-17-44(36)45/h1-33H. The molecule has 0 N–H and O–H groups in total. The van der Waals surface area contributed by atoms with Gasteiger partial charge in [-0.1, -0.05) is 152 Å². The average molecular weight is 680 g/mol.